The second kappa shape index (κ2) is 6.78. The molecule has 5 heteroatoms. The van der Waals surface area contributed by atoms with Crippen molar-refractivity contribution < 1.29 is 4.74 Å². The van der Waals surface area contributed by atoms with Crippen LogP contribution in [-0.4, -0.2) is 31.3 Å². The lowest BCUT2D eigenvalue weighted by Crippen LogP contribution is -2.37. The van der Waals surface area contributed by atoms with Crippen LogP contribution in [0.5, 0.6) is 0 Å². The minimum Gasteiger partial charge on any atom is -0.383 e. The van der Waals surface area contributed by atoms with Crippen LogP contribution in [0.1, 0.15) is 25.3 Å². The van der Waals surface area contributed by atoms with Crippen molar-refractivity contribution in [1.29, 1.82) is 0 Å². The van der Waals surface area contributed by atoms with E-state index in [0.717, 1.165) is 23.8 Å². The van der Waals surface area contributed by atoms with Crippen LogP contribution in [0, 0.1) is 5.92 Å². The number of alkyl halides is 1. The Bertz CT molecular complexity index is 424. The molecule has 1 fully saturated rings. The van der Waals surface area contributed by atoms with Gasteiger partial charge in [0, 0.05) is 31.8 Å². The first-order chi connectivity index (χ1) is 9.17. The molecule has 1 heterocycles. The zero-order valence-corrected chi connectivity index (χ0v) is 12.9. The first-order valence-corrected chi connectivity index (χ1v) is 7.54. The molecule has 19 heavy (non-hydrogen) atoms. The number of rotatable bonds is 7. The third-order valence-electron chi connectivity index (χ3n) is 3.69. The van der Waals surface area contributed by atoms with Crippen molar-refractivity contribution >= 4 is 29.0 Å². The van der Waals surface area contributed by atoms with Crippen LogP contribution in [0.15, 0.2) is 12.3 Å². The van der Waals surface area contributed by atoms with Gasteiger partial charge < -0.3 is 9.64 Å². The summed E-state index contributed by atoms with van der Waals surface area (Å²) in [5, 5.41) is 0.629. The summed E-state index contributed by atoms with van der Waals surface area (Å²) < 4.78 is 5.20. The SMILES string of the molecule is COCCN(c1cc(CCl)c(Cl)cn1)C(C)C1CC1. The largest absolute Gasteiger partial charge is 0.383 e. The molecule has 1 aromatic rings. The average molecular weight is 303 g/mol. The fourth-order valence-electron chi connectivity index (χ4n) is 2.28. The maximum atomic E-state index is 6.07. The van der Waals surface area contributed by atoms with E-state index in [1.165, 1.54) is 12.8 Å². The summed E-state index contributed by atoms with van der Waals surface area (Å²) in [4.78, 5) is 6.75. The van der Waals surface area contributed by atoms with Gasteiger partial charge in [0.1, 0.15) is 5.82 Å². The van der Waals surface area contributed by atoms with E-state index in [-0.39, 0.29) is 0 Å². The van der Waals surface area contributed by atoms with Gasteiger partial charge in [-0.3, -0.25) is 0 Å². The van der Waals surface area contributed by atoms with Crippen LogP contribution in [0.25, 0.3) is 0 Å². The maximum Gasteiger partial charge on any atom is 0.129 e. The van der Waals surface area contributed by atoms with Gasteiger partial charge in [-0.2, -0.15) is 0 Å². The fourth-order valence-corrected chi connectivity index (χ4v) is 2.74. The molecule has 0 amide bonds. The maximum absolute atomic E-state index is 6.07. The monoisotopic (exact) mass is 302 g/mol. The molecular weight excluding hydrogens is 283 g/mol. The van der Waals surface area contributed by atoms with E-state index in [2.05, 4.69) is 16.8 Å². The van der Waals surface area contributed by atoms with E-state index in [1.807, 2.05) is 6.07 Å². The Balaban J connectivity index is 2.20. The molecule has 1 saturated carbocycles. The number of hydrogen-bond acceptors (Lipinski definition) is 3. The highest BCUT2D eigenvalue weighted by Gasteiger charge is 2.32. The second-order valence-corrected chi connectivity index (χ2v) is 5.71. The minimum absolute atomic E-state index is 0.407. The Labute approximate surface area is 124 Å². The van der Waals surface area contributed by atoms with Crippen LogP contribution in [0.3, 0.4) is 0 Å². The Morgan fingerprint density at radius 3 is 2.84 bits per heavy atom. The van der Waals surface area contributed by atoms with E-state index < -0.39 is 0 Å². The van der Waals surface area contributed by atoms with E-state index in [9.17, 15) is 0 Å². The number of methoxy groups -OCH3 is 1. The molecule has 1 aliphatic carbocycles. The van der Waals surface area contributed by atoms with E-state index >= 15 is 0 Å². The van der Waals surface area contributed by atoms with Gasteiger partial charge >= 0.3 is 0 Å². The average Bonchev–Trinajstić information content (AvgIpc) is 3.24. The predicted octanol–water partition coefficient (Wildman–Crippen LogP) is 3.73. The number of hydrogen-bond donors (Lipinski definition) is 0. The van der Waals surface area contributed by atoms with Gasteiger partial charge in [-0.1, -0.05) is 11.6 Å². The summed E-state index contributed by atoms with van der Waals surface area (Å²) in [5.74, 6) is 2.12. The van der Waals surface area contributed by atoms with Crippen molar-refractivity contribution in [2.45, 2.75) is 31.7 Å². The van der Waals surface area contributed by atoms with Crippen LogP contribution in [-0.2, 0) is 10.6 Å². The molecule has 0 aliphatic heterocycles. The molecule has 3 nitrogen and oxygen atoms in total. The molecule has 1 aliphatic rings. The lowest BCUT2D eigenvalue weighted by atomic mass is 10.1. The third-order valence-corrected chi connectivity index (χ3v) is 4.32. The van der Waals surface area contributed by atoms with Gasteiger partial charge in [-0.15, -0.1) is 11.6 Å². The van der Waals surface area contributed by atoms with Crippen molar-refractivity contribution in [3.63, 3.8) is 0 Å². The van der Waals surface area contributed by atoms with Crippen molar-refractivity contribution in [2.24, 2.45) is 5.92 Å². The van der Waals surface area contributed by atoms with Gasteiger partial charge in [0.2, 0.25) is 0 Å². The Kier molecular flexibility index (Phi) is 5.31. The van der Waals surface area contributed by atoms with Crippen molar-refractivity contribution in [2.75, 3.05) is 25.2 Å². The number of nitrogens with zero attached hydrogens (tertiary/aromatic N) is 2. The van der Waals surface area contributed by atoms with Crippen LogP contribution < -0.4 is 4.90 Å². The molecular formula is C14H20Cl2N2O. The topological polar surface area (TPSA) is 25.4 Å². The first kappa shape index (κ1) is 14.9. The summed E-state index contributed by atoms with van der Waals surface area (Å²) in [6.07, 6.45) is 4.30. The lowest BCUT2D eigenvalue weighted by molar-refractivity contribution is 0.202. The van der Waals surface area contributed by atoms with Gasteiger partial charge in [0.25, 0.3) is 0 Å². The zero-order valence-electron chi connectivity index (χ0n) is 11.4. The quantitative estimate of drug-likeness (QED) is 0.718. The highest BCUT2D eigenvalue weighted by atomic mass is 35.5. The second-order valence-electron chi connectivity index (χ2n) is 5.03. The number of halogens is 2. The summed E-state index contributed by atoms with van der Waals surface area (Å²) >= 11 is 12.0. The fraction of sp³-hybridized carbons (Fsp3) is 0.643. The van der Waals surface area contributed by atoms with E-state index in [0.29, 0.717) is 23.6 Å². The highest BCUT2D eigenvalue weighted by Crippen LogP contribution is 2.36. The molecule has 0 radical (unpaired) electrons. The molecule has 0 saturated heterocycles. The normalized spacial score (nSPS) is 16.4. The standard InChI is InChI=1S/C14H20Cl2N2O/c1-10(11-3-4-11)18(5-6-19-2)14-7-12(8-15)13(16)9-17-14/h7,9-11H,3-6,8H2,1-2H3. The number of ether oxygens (including phenoxy) is 1. The molecule has 0 bridgehead atoms. The summed E-state index contributed by atoms with van der Waals surface area (Å²) in [6.45, 7) is 3.78. The smallest absolute Gasteiger partial charge is 0.129 e. The molecule has 1 unspecified atom stereocenters. The van der Waals surface area contributed by atoms with Crippen LogP contribution in [0.4, 0.5) is 5.82 Å². The predicted molar refractivity (Wildman–Crippen MR) is 80.2 cm³/mol. The highest BCUT2D eigenvalue weighted by molar-refractivity contribution is 6.32. The van der Waals surface area contributed by atoms with Crippen LogP contribution in [0.2, 0.25) is 5.02 Å². The summed E-state index contributed by atoms with van der Waals surface area (Å²) in [7, 11) is 1.72. The lowest BCUT2D eigenvalue weighted by Gasteiger charge is -2.30. The van der Waals surface area contributed by atoms with Crippen molar-refractivity contribution in [1.82, 2.24) is 4.98 Å². The van der Waals surface area contributed by atoms with Crippen molar-refractivity contribution in [3.05, 3.63) is 22.8 Å². The first-order valence-electron chi connectivity index (χ1n) is 6.63. The molecule has 106 valence electrons. The van der Waals surface area contributed by atoms with E-state index in [1.54, 1.807) is 13.3 Å². The Morgan fingerprint density at radius 2 is 2.26 bits per heavy atom. The van der Waals surface area contributed by atoms with Gasteiger partial charge in [-0.25, -0.2) is 4.98 Å². The zero-order chi connectivity index (χ0) is 13.8. The molecule has 0 spiro atoms. The Morgan fingerprint density at radius 1 is 1.53 bits per heavy atom. The van der Waals surface area contributed by atoms with Gasteiger partial charge in [-0.05, 0) is 37.3 Å². The van der Waals surface area contributed by atoms with Crippen molar-refractivity contribution in [3.8, 4) is 0 Å². The molecule has 0 N–H and O–H groups in total. The molecule has 1 atom stereocenters. The Hall–Kier alpha value is -0.510. The molecule has 2 rings (SSSR count). The third kappa shape index (κ3) is 3.74. The van der Waals surface area contributed by atoms with Crippen LogP contribution >= 0.6 is 23.2 Å². The number of aromatic nitrogens is 1. The number of anilines is 1. The molecule has 1 aromatic heterocycles. The van der Waals surface area contributed by atoms with Gasteiger partial charge in [0.05, 0.1) is 11.6 Å². The molecule has 0 aromatic carbocycles. The van der Waals surface area contributed by atoms with E-state index in [4.69, 9.17) is 27.9 Å². The summed E-state index contributed by atoms with van der Waals surface area (Å²) in [5.41, 5.74) is 0.929. The van der Waals surface area contributed by atoms with Gasteiger partial charge in [0.15, 0.2) is 0 Å². The minimum atomic E-state index is 0.407. The number of pyridine rings is 1. The summed E-state index contributed by atoms with van der Waals surface area (Å²) in [6, 6.07) is 2.47.